The normalized spacial score (nSPS) is 20.6. The molecule has 3 rings (SSSR count). The number of aryl methyl sites for hydroxylation is 1. The summed E-state index contributed by atoms with van der Waals surface area (Å²) in [4.78, 5) is 8.24. The highest BCUT2D eigenvalue weighted by Crippen LogP contribution is 2.27. The molecule has 1 fully saturated rings. The van der Waals surface area contributed by atoms with Crippen LogP contribution in [0.3, 0.4) is 0 Å². The summed E-state index contributed by atoms with van der Waals surface area (Å²) in [6, 6.07) is 4.34. The van der Waals surface area contributed by atoms with Gasteiger partial charge in [0.25, 0.3) is 0 Å². The van der Waals surface area contributed by atoms with E-state index in [-0.39, 0.29) is 18.4 Å². The first-order chi connectivity index (χ1) is 10.1. The molecule has 6 heteroatoms. The predicted octanol–water partition coefficient (Wildman–Crippen LogP) is 3.69. The Morgan fingerprint density at radius 3 is 3.05 bits per heavy atom. The van der Waals surface area contributed by atoms with Crippen LogP contribution >= 0.6 is 23.7 Å². The Morgan fingerprint density at radius 1 is 1.55 bits per heavy atom. The van der Waals surface area contributed by atoms with Crippen LogP contribution in [0.1, 0.15) is 31.2 Å². The first kappa shape index (κ1) is 17.5. The van der Waals surface area contributed by atoms with Crippen LogP contribution in [-0.4, -0.2) is 29.0 Å². The minimum Gasteiger partial charge on any atom is -0.440 e. The van der Waals surface area contributed by atoms with E-state index >= 15 is 0 Å². The molecule has 122 valence electrons. The summed E-state index contributed by atoms with van der Waals surface area (Å²) in [6.07, 6.45) is 2.47. The molecular weight excluding hydrogens is 318 g/mol. The van der Waals surface area contributed by atoms with Crippen molar-refractivity contribution in [3.63, 3.8) is 0 Å². The second kappa shape index (κ2) is 7.59. The molecule has 4 nitrogen and oxygen atoms in total. The molecule has 1 aliphatic heterocycles. The first-order valence-electron chi connectivity index (χ1n) is 7.61. The maximum absolute atomic E-state index is 6.06. The summed E-state index contributed by atoms with van der Waals surface area (Å²) >= 11 is 1.66. The lowest BCUT2D eigenvalue weighted by molar-refractivity contribution is 0.152. The van der Waals surface area contributed by atoms with Crippen molar-refractivity contribution in [2.24, 2.45) is 11.7 Å². The summed E-state index contributed by atoms with van der Waals surface area (Å²) in [5.74, 6) is 2.28. The van der Waals surface area contributed by atoms with Crippen molar-refractivity contribution in [2.45, 2.75) is 39.3 Å². The first-order valence-corrected chi connectivity index (χ1v) is 8.49. The molecule has 0 amide bonds. The van der Waals surface area contributed by atoms with Gasteiger partial charge in [-0.2, -0.15) is 0 Å². The number of hydrogen-bond donors (Lipinski definition) is 1. The van der Waals surface area contributed by atoms with Gasteiger partial charge in [-0.1, -0.05) is 6.07 Å². The van der Waals surface area contributed by atoms with Crippen molar-refractivity contribution >= 4 is 23.7 Å². The zero-order valence-electron chi connectivity index (χ0n) is 13.1. The highest BCUT2D eigenvalue weighted by atomic mass is 35.5. The van der Waals surface area contributed by atoms with Gasteiger partial charge in [0, 0.05) is 19.1 Å². The number of nitrogens with zero attached hydrogens (tertiary/aromatic N) is 2. The molecule has 0 aromatic carbocycles. The van der Waals surface area contributed by atoms with E-state index in [9.17, 15) is 0 Å². The Balaban J connectivity index is 0.00000176. The molecule has 0 saturated carbocycles. The Labute approximate surface area is 142 Å². The highest BCUT2D eigenvalue weighted by Gasteiger charge is 2.24. The van der Waals surface area contributed by atoms with E-state index in [1.54, 1.807) is 11.3 Å². The minimum absolute atomic E-state index is 0. The molecule has 2 atom stereocenters. The van der Waals surface area contributed by atoms with Crippen LogP contribution < -0.4 is 5.73 Å². The standard InChI is InChI=1S/C16H23N3OS.ClH/c1-11(17)13-5-3-7-19(9-13)10-14-12(2)20-16(18-14)15-6-4-8-21-15;/h4,6,8,11,13H,3,5,7,9-10,17H2,1-2H3;1H. The SMILES string of the molecule is Cc1oc(-c2cccs2)nc1CN1CCCC(C(C)N)C1.Cl. The van der Waals surface area contributed by atoms with Gasteiger partial charge >= 0.3 is 0 Å². The van der Waals surface area contributed by atoms with Crippen LogP contribution in [0.25, 0.3) is 10.8 Å². The Morgan fingerprint density at radius 2 is 2.36 bits per heavy atom. The van der Waals surface area contributed by atoms with Crippen LogP contribution in [0.5, 0.6) is 0 Å². The van der Waals surface area contributed by atoms with Gasteiger partial charge < -0.3 is 10.2 Å². The largest absolute Gasteiger partial charge is 0.440 e. The van der Waals surface area contributed by atoms with Crippen LogP contribution in [0.4, 0.5) is 0 Å². The van der Waals surface area contributed by atoms with Gasteiger partial charge in [-0.15, -0.1) is 23.7 Å². The molecule has 2 unspecified atom stereocenters. The molecule has 0 radical (unpaired) electrons. The van der Waals surface area contributed by atoms with Gasteiger partial charge in [-0.3, -0.25) is 4.90 Å². The van der Waals surface area contributed by atoms with Gasteiger partial charge in [0.1, 0.15) is 5.76 Å². The third-order valence-electron chi connectivity index (χ3n) is 4.28. The van der Waals surface area contributed by atoms with E-state index in [1.807, 2.05) is 24.4 Å². The summed E-state index contributed by atoms with van der Waals surface area (Å²) in [5.41, 5.74) is 7.12. The summed E-state index contributed by atoms with van der Waals surface area (Å²) in [6.45, 7) is 7.18. The van der Waals surface area contributed by atoms with Gasteiger partial charge in [0.2, 0.25) is 5.89 Å². The van der Waals surface area contributed by atoms with Crippen molar-refractivity contribution in [1.82, 2.24) is 9.88 Å². The molecule has 2 aromatic heterocycles. The van der Waals surface area contributed by atoms with Crippen molar-refractivity contribution < 1.29 is 4.42 Å². The van der Waals surface area contributed by atoms with E-state index in [4.69, 9.17) is 10.2 Å². The Bertz CT molecular complexity index is 582. The molecule has 1 saturated heterocycles. The highest BCUT2D eigenvalue weighted by molar-refractivity contribution is 7.13. The number of hydrogen-bond acceptors (Lipinski definition) is 5. The lowest BCUT2D eigenvalue weighted by atomic mass is 9.92. The number of rotatable bonds is 4. The Kier molecular flexibility index (Phi) is 6.03. The van der Waals surface area contributed by atoms with Crippen LogP contribution in [0.2, 0.25) is 0 Å². The number of nitrogens with two attached hydrogens (primary N) is 1. The molecular formula is C16H24ClN3OS. The van der Waals surface area contributed by atoms with E-state index in [1.165, 1.54) is 12.8 Å². The number of aromatic nitrogens is 1. The maximum Gasteiger partial charge on any atom is 0.236 e. The van der Waals surface area contributed by atoms with Gasteiger partial charge in [-0.05, 0) is 50.6 Å². The zero-order chi connectivity index (χ0) is 14.8. The quantitative estimate of drug-likeness (QED) is 0.921. The van der Waals surface area contributed by atoms with E-state index in [0.717, 1.165) is 41.9 Å². The van der Waals surface area contributed by atoms with Gasteiger partial charge in [0.15, 0.2) is 0 Å². The fraction of sp³-hybridized carbons (Fsp3) is 0.562. The number of piperidine rings is 1. The maximum atomic E-state index is 6.06. The summed E-state index contributed by atoms with van der Waals surface area (Å²) in [5, 5.41) is 2.05. The number of oxazole rings is 1. The van der Waals surface area contributed by atoms with Gasteiger partial charge in [0.05, 0.1) is 10.6 Å². The van der Waals surface area contributed by atoms with Crippen molar-refractivity contribution in [2.75, 3.05) is 13.1 Å². The third kappa shape index (κ3) is 3.90. The average Bonchev–Trinajstić information content (AvgIpc) is 3.10. The average molecular weight is 342 g/mol. The van der Waals surface area contributed by atoms with Crippen molar-refractivity contribution in [3.8, 4) is 10.8 Å². The number of thiophene rings is 1. The smallest absolute Gasteiger partial charge is 0.236 e. The minimum atomic E-state index is 0. The zero-order valence-corrected chi connectivity index (χ0v) is 14.8. The number of halogens is 1. The van der Waals surface area contributed by atoms with Crippen LogP contribution in [0, 0.1) is 12.8 Å². The second-order valence-electron chi connectivity index (χ2n) is 6.00. The molecule has 0 spiro atoms. The van der Waals surface area contributed by atoms with Crippen LogP contribution in [0.15, 0.2) is 21.9 Å². The van der Waals surface area contributed by atoms with Crippen molar-refractivity contribution in [1.29, 1.82) is 0 Å². The summed E-state index contributed by atoms with van der Waals surface area (Å²) < 4.78 is 5.82. The van der Waals surface area contributed by atoms with Crippen LogP contribution in [-0.2, 0) is 6.54 Å². The molecule has 2 aromatic rings. The third-order valence-corrected chi connectivity index (χ3v) is 5.14. The fourth-order valence-electron chi connectivity index (χ4n) is 2.96. The lowest BCUT2D eigenvalue weighted by Gasteiger charge is -2.34. The molecule has 3 heterocycles. The van der Waals surface area contributed by atoms with Gasteiger partial charge in [-0.25, -0.2) is 4.98 Å². The summed E-state index contributed by atoms with van der Waals surface area (Å²) in [7, 11) is 0. The molecule has 0 bridgehead atoms. The van der Waals surface area contributed by atoms with E-state index < -0.39 is 0 Å². The number of likely N-dealkylation sites (tertiary alicyclic amines) is 1. The van der Waals surface area contributed by atoms with E-state index in [0.29, 0.717) is 5.92 Å². The second-order valence-corrected chi connectivity index (χ2v) is 6.94. The topological polar surface area (TPSA) is 55.3 Å². The molecule has 1 aliphatic rings. The van der Waals surface area contributed by atoms with Crippen molar-refractivity contribution in [3.05, 3.63) is 29.0 Å². The molecule has 2 N–H and O–H groups in total. The monoisotopic (exact) mass is 341 g/mol. The molecule has 0 aliphatic carbocycles. The lowest BCUT2D eigenvalue weighted by Crippen LogP contribution is -2.42. The Hall–Kier alpha value is -0.880. The van der Waals surface area contributed by atoms with E-state index in [2.05, 4.69) is 16.8 Å². The predicted molar refractivity (Wildman–Crippen MR) is 93.5 cm³/mol. The fourth-order valence-corrected chi connectivity index (χ4v) is 3.61. The molecule has 22 heavy (non-hydrogen) atoms.